The van der Waals surface area contributed by atoms with Gasteiger partial charge in [-0.05, 0) is 119 Å². The van der Waals surface area contributed by atoms with Crippen molar-refractivity contribution in [3.63, 3.8) is 0 Å². The maximum absolute atomic E-state index is 8.00. The lowest BCUT2D eigenvalue weighted by Crippen LogP contribution is -2.47. The number of hydrogen-bond acceptors (Lipinski definition) is 7. The van der Waals surface area contributed by atoms with Gasteiger partial charge in [0.1, 0.15) is 12.6 Å². The number of carbonyl (C=O) groups excluding carboxylic acids is 1. The van der Waals surface area contributed by atoms with E-state index in [0.29, 0.717) is 5.84 Å². The van der Waals surface area contributed by atoms with Crippen molar-refractivity contribution in [3.8, 4) is 12.8 Å². The minimum atomic E-state index is 0.588. The minimum absolute atomic E-state index is 0.588. The van der Waals surface area contributed by atoms with E-state index in [2.05, 4.69) is 159 Å². The average molecular weight is 786 g/mol. The Hall–Kier alpha value is -5.62. The summed E-state index contributed by atoms with van der Waals surface area (Å²) in [4.78, 5) is 19.2. The maximum atomic E-state index is 8.00. The van der Waals surface area contributed by atoms with Gasteiger partial charge in [0.05, 0.1) is 11.4 Å². The number of amidine groups is 1. The van der Waals surface area contributed by atoms with Crippen molar-refractivity contribution in [2.24, 2.45) is 10.7 Å². The van der Waals surface area contributed by atoms with Gasteiger partial charge in [0, 0.05) is 57.6 Å². The molecule has 1 heterocycles. The SMILES string of the molecule is C#C.C=O.CCCNc1ccc(C)cc1N.CCN(C)C.CN=C(N)c1ccc(N2CCN(CC3=C(c4ccc(C)cc4)CCC=C3)CC2)cc1.Cc1ccccc1. The molecule has 0 saturated carbocycles. The van der Waals surface area contributed by atoms with Gasteiger partial charge in [-0.2, -0.15) is 0 Å². The smallest absolute Gasteiger partial charge is 0.125 e. The molecule has 0 unspecified atom stereocenters. The lowest BCUT2D eigenvalue weighted by molar-refractivity contribution is -0.0980. The van der Waals surface area contributed by atoms with E-state index in [1.165, 1.54) is 39.1 Å². The second kappa shape index (κ2) is 29.6. The number of nitrogens with one attached hydrogen (secondary N) is 1. The van der Waals surface area contributed by atoms with E-state index in [4.69, 9.17) is 16.3 Å². The number of allylic oxidation sites excluding steroid dienone is 2. The quantitative estimate of drug-likeness (QED) is 0.0673. The molecule has 5 N–H and O–H groups in total. The van der Waals surface area contributed by atoms with Crippen molar-refractivity contribution < 1.29 is 4.79 Å². The van der Waals surface area contributed by atoms with Gasteiger partial charge in [0.25, 0.3) is 0 Å². The molecule has 1 aliphatic carbocycles. The van der Waals surface area contributed by atoms with E-state index in [1.807, 2.05) is 44.0 Å². The van der Waals surface area contributed by atoms with Crippen LogP contribution in [0.25, 0.3) is 5.57 Å². The zero-order valence-electron chi connectivity index (χ0n) is 36.7. The van der Waals surface area contributed by atoms with Gasteiger partial charge in [0.2, 0.25) is 0 Å². The van der Waals surface area contributed by atoms with Crippen LogP contribution in [0, 0.1) is 33.6 Å². The molecule has 8 heteroatoms. The normalized spacial score (nSPS) is 13.4. The molecule has 0 radical (unpaired) electrons. The molecule has 2 aliphatic rings. The third-order valence-corrected chi connectivity index (χ3v) is 9.55. The van der Waals surface area contributed by atoms with Gasteiger partial charge in [-0.3, -0.25) is 9.89 Å². The van der Waals surface area contributed by atoms with Gasteiger partial charge in [0.15, 0.2) is 0 Å². The number of aryl methyl sites for hydroxylation is 3. The molecular formula is C50H71N7O. The van der Waals surface area contributed by atoms with Crippen LogP contribution in [0.3, 0.4) is 0 Å². The summed E-state index contributed by atoms with van der Waals surface area (Å²) < 4.78 is 0. The third-order valence-electron chi connectivity index (χ3n) is 9.55. The van der Waals surface area contributed by atoms with Crippen molar-refractivity contribution >= 4 is 35.3 Å². The Labute approximate surface area is 351 Å². The number of benzene rings is 4. The number of nitrogens with two attached hydrogens (primary N) is 2. The van der Waals surface area contributed by atoms with E-state index < -0.39 is 0 Å². The minimum Gasteiger partial charge on any atom is -0.397 e. The highest BCUT2D eigenvalue weighted by molar-refractivity contribution is 5.97. The van der Waals surface area contributed by atoms with Gasteiger partial charge >= 0.3 is 0 Å². The van der Waals surface area contributed by atoms with Crippen LogP contribution in [-0.2, 0) is 4.79 Å². The summed E-state index contributed by atoms with van der Waals surface area (Å²) >= 11 is 0. The number of aliphatic imine (C=N–C) groups is 1. The Morgan fingerprint density at radius 1 is 0.828 bits per heavy atom. The molecule has 312 valence electrons. The van der Waals surface area contributed by atoms with Crippen molar-refractivity contribution in [1.82, 2.24) is 9.80 Å². The van der Waals surface area contributed by atoms with Crippen molar-refractivity contribution in [1.29, 1.82) is 0 Å². The van der Waals surface area contributed by atoms with Crippen LogP contribution in [0.15, 0.2) is 120 Å². The molecule has 0 aromatic heterocycles. The molecule has 1 saturated heterocycles. The Kier molecular flexibility index (Phi) is 25.7. The second-order valence-corrected chi connectivity index (χ2v) is 14.3. The highest BCUT2D eigenvalue weighted by Gasteiger charge is 2.20. The Morgan fingerprint density at radius 3 is 1.90 bits per heavy atom. The number of nitrogen functional groups attached to an aromatic ring is 1. The van der Waals surface area contributed by atoms with Crippen molar-refractivity contribution in [2.75, 3.05) is 82.9 Å². The van der Waals surface area contributed by atoms with Gasteiger partial charge in [-0.25, -0.2) is 0 Å². The number of anilines is 3. The van der Waals surface area contributed by atoms with Crippen LogP contribution in [-0.4, -0.2) is 89.4 Å². The predicted molar refractivity (Wildman–Crippen MR) is 255 cm³/mol. The van der Waals surface area contributed by atoms with E-state index in [1.54, 1.807) is 7.05 Å². The van der Waals surface area contributed by atoms with Crippen LogP contribution in [0.5, 0.6) is 0 Å². The first-order chi connectivity index (χ1) is 28.0. The van der Waals surface area contributed by atoms with Crippen LogP contribution in [0.2, 0.25) is 0 Å². The second-order valence-electron chi connectivity index (χ2n) is 14.3. The summed E-state index contributed by atoms with van der Waals surface area (Å²) in [5.74, 6) is 0.588. The zero-order valence-corrected chi connectivity index (χ0v) is 36.7. The van der Waals surface area contributed by atoms with Crippen molar-refractivity contribution in [3.05, 3.63) is 143 Å². The van der Waals surface area contributed by atoms with Crippen LogP contribution in [0.1, 0.15) is 60.9 Å². The Morgan fingerprint density at radius 2 is 1.40 bits per heavy atom. The summed E-state index contributed by atoms with van der Waals surface area (Å²) in [6.07, 6.45) is 16.1. The van der Waals surface area contributed by atoms with Crippen molar-refractivity contribution in [2.45, 2.75) is 53.9 Å². The Bertz CT molecular complexity index is 1800. The molecule has 6 rings (SSSR count). The average Bonchev–Trinajstić information content (AvgIpc) is 3.26. The number of carbonyl (C=O) groups is 1. The first-order valence-corrected chi connectivity index (χ1v) is 20.2. The molecule has 0 amide bonds. The van der Waals surface area contributed by atoms with Crippen LogP contribution >= 0.6 is 0 Å². The molecule has 1 fully saturated rings. The predicted octanol–water partition coefficient (Wildman–Crippen LogP) is 9.28. The maximum Gasteiger partial charge on any atom is 0.125 e. The van der Waals surface area contributed by atoms with E-state index in [0.717, 1.165) is 82.0 Å². The highest BCUT2D eigenvalue weighted by Crippen LogP contribution is 2.30. The van der Waals surface area contributed by atoms with Gasteiger partial charge in [-0.1, -0.05) is 97.8 Å². The lowest BCUT2D eigenvalue weighted by atomic mass is 9.91. The molecular weight excluding hydrogens is 715 g/mol. The fourth-order valence-electron chi connectivity index (χ4n) is 5.96. The molecule has 4 aromatic rings. The number of nitrogens with zero attached hydrogens (tertiary/aromatic N) is 4. The summed E-state index contributed by atoms with van der Waals surface area (Å²) in [7, 11) is 5.84. The molecule has 0 spiro atoms. The topological polar surface area (TPSA) is 103 Å². The highest BCUT2D eigenvalue weighted by atomic mass is 16.1. The first-order valence-electron chi connectivity index (χ1n) is 20.2. The monoisotopic (exact) mass is 786 g/mol. The molecule has 0 bridgehead atoms. The zero-order chi connectivity index (χ0) is 43.3. The fourth-order valence-corrected chi connectivity index (χ4v) is 5.96. The van der Waals surface area contributed by atoms with Gasteiger partial charge in [-0.15, -0.1) is 12.8 Å². The molecule has 8 nitrogen and oxygen atoms in total. The summed E-state index contributed by atoms with van der Waals surface area (Å²) in [5, 5.41) is 3.26. The first kappa shape index (κ1) is 50.4. The number of terminal acetylenes is 1. The number of hydrogen-bond donors (Lipinski definition) is 3. The fraction of sp³-hybridized carbons (Fsp3) is 0.360. The van der Waals surface area contributed by atoms with Gasteiger partial charge < -0.3 is 31.4 Å². The third kappa shape index (κ3) is 19.0. The largest absolute Gasteiger partial charge is 0.397 e. The lowest BCUT2D eigenvalue weighted by Gasteiger charge is -2.37. The number of rotatable bonds is 9. The van der Waals surface area contributed by atoms with E-state index in [9.17, 15) is 0 Å². The standard InChI is InChI=1S/C26H32N4.C10H16N2.C7H8.C4H11N.C2H2.CH2O/c1-20-7-9-21(10-8-20)25-6-4-3-5-23(25)19-29-15-17-30(18-16-29)24-13-11-22(12-14-24)26(27)28-2;1-3-6-12-10-5-4-8(2)7-9(10)11;1-7-5-3-2-4-6-7;1-4-5(2)3;2*1-2/h3,5,7-14H,4,6,15-19H2,1-2H3,(H2,27,28);4-5,7,12H,3,6,11H2,1-2H3;2-6H,1H3;4H2,1-3H3;1-2H;1H2. The summed E-state index contributed by atoms with van der Waals surface area (Å²) in [5.41, 5.74) is 24.1. The summed E-state index contributed by atoms with van der Waals surface area (Å²) in [6, 6.07) is 33.8. The van der Waals surface area contributed by atoms with Crippen LogP contribution in [0.4, 0.5) is 17.1 Å². The molecule has 4 aromatic carbocycles. The molecule has 58 heavy (non-hydrogen) atoms. The van der Waals surface area contributed by atoms with Crippen LogP contribution < -0.4 is 21.7 Å². The number of piperazine rings is 1. The van der Waals surface area contributed by atoms with E-state index >= 15 is 0 Å². The Balaban J connectivity index is 0.000000489. The molecule has 1 aliphatic heterocycles. The van der Waals surface area contributed by atoms with E-state index in [-0.39, 0.29) is 0 Å². The summed E-state index contributed by atoms with van der Waals surface area (Å²) in [6.45, 7) is 20.0. The molecule has 0 atom stereocenters.